The molecule has 2 amide bonds. The summed E-state index contributed by atoms with van der Waals surface area (Å²) in [6.45, 7) is 4.16. The first kappa shape index (κ1) is 21.8. The van der Waals surface area contributed by atoms with Crippen molar-refractivity contribution in [3.05, 3.63) is 65.2 Å². The summed E-state index contributed by atoms with van der Waals surface area (Å²) in [7, 11) is 3.19. The van der Waals surface area contributed by atoms with Crippen LogP contribution in [0.5, 0.6) is 5.75 Å². The van der Waals surface area contributed by atoms with Gasteiger partial charge in [0.05, 0.1) is 12.9 Å². The lowest BCUT2D eigenvalue weighted by Gasteiger charge is -2.28. The number of benzene rings is 2. The number of thioether (sulfide) groups is 1. The minimum absolute atomic E-state index is 0.0587. The van der Waals surface area contributed by atoms with Gasteiger partial charge in [0.25, 0.3) is 0 Å². The van der Waals surface area contributed by atoms with Crippen molar-refractivity contribution in [1.82, 2.24) is 10.2 Å². The van der Waals surface area contributed by atoms with E-state index in [1.54, 1.807) is 37.7 Å². The Morgan fingerprint density at radius 1 is 1.14 bits per heavy atom. The largest absolute Gasteiger partial charge is 0.497 e. The molecule has 150 valence electrons. The van der Waals surface area contributed by atoms with E-state index < -0.39 is 6.04 Å². The van der Waals surface area contributed by atoms with Crippen molar-refractivity contribution in [1.29, 1.82) is 0 Å². The van der Waals surface area contributed by atoms with Crippen LogP contribution in [-0.2, 0) is 21.9 Å². The highest BCUT2D eigenvalue weighted by atomic mass is 32.2. The van der Waals surface area contributed by atoms with Gasteiger partial charge in [-0.2, -0.15) is 0 Å². The molecule has 28 heavy (non-hydrogen) atoms. The molecule has 0 spiro atoms. The molecule has 1 N–H and O–H groups in total. The highest BCUT2D eigenvalue weighted by Gasteiger charge is 2.25. The second-order valence-electron chi connectivity index (χ2n) is 6.65. The fraction of sp³-hybridized carbons (Fsp3) is 0.364. The van der Waals surface area contributed by atoms with Crippen LogP contribution >= 0.6 is 11.8 Å². The van der Waals surface area contributed by atoms with Crippen molar-refractivity contribution in [3.8, 4) is 5.75 Å². The van der Waals surface area contributed by atoms with E-state index >= 15 is 0 Å². The SMILES string of the molecule is CNC(=O)[C@H](C)N(Cc1cccc(OC)c1)C(=O)CSCc1cccc(C)c1. The summed E-state index contributed by atoms with van der Waals surface area (Å²) in [5.74, 6) is 1.57. The zero-order chi connectivity index (χ0) is 20.5. The Morgan fingerprint density at radius 2 is 1.86 bits per heavy atom. The first-order valence-electron chi connectivity index (χ1n) is 9.22. The average Bonchev–Trinajstić information content (AvgIpc) is 2.71. The summed E-state index contributed by atoms with van der Waals surface area (Å²) in [4.78, 5) is 26.7. The van der Waals surface area contributed by atoms with Crippen molar-refractivity contribution >= 4 is 23.6 Å². The summed E-state index contributed by atoms with van der Waals surface area (Å²) < 4.78 is 5.26. The normalized spacial score (nSPS) is 11.6. The lowest BCUT2D eigenvalue weighted by atomic mass is 10.1. The molecule has 6 heteroatoms. The number of nitrogens with zero attached hydrogens (tertiary/aromatic N) is 1. The molecule has 0 aliphatic heterocycles. The van der Waals surface area contributed by atoms with Gasteiger partial charge in [0.1, 0.15) is 11.8 Å². The molecular formula is C22H28N2O3S. The van der Waals surface area contributed by atoms with Crippen molar-refractivity contribution in [3.63, 3.8) is 0 Å². The second-order valence-corrected chi connectivity index (χ2v) is 7.63. The topological polar surface area (TPSA) is 58.6 Å². The van der Waals surface area contributed by atoms with Gasteiger partial charge in [-0.15, -0.1) is 11.8 Å². The Morgan fingerprint density at radius 3 is 2.54 bits per heavy atom. The number of likely N-dealkylation sites (N-methyl/N-ethyl adjacent to an activating group) is 1. The number of methoxy groups -OCH3 is 1. The molecule has 0 heterocycles. The quantitative estimate of drug-likeness (QED) is 0.701. The van der Waals surface area contributed by atoms with Crippen molar-refractivity contribution < 1.29 is 14.3 Å². The van der Waals surface area contributed by atoms with Crippen molar-refractivity contribution in [2.24, 2.45) is 0 Å². The highest BCUT2D eigenvalue weighted by molar-refractivity contribution is 7.99. The van der Waals surface area contributed by atoms with E-state index in [1.165, 1.54) is 11.1 Å². The minimum Gasteiger partial charge on any atom is -0.497 e. The molecule has 2 aromatic carbocycles. The zero-order valence-corrected chi connectivity index (χ0v) is 17.7. The van der Waals surface area contributed by atoms with Crippen LogP contribution in [0.15, 0.2) is 48.5 Å². The molecule has 0 saturated heterocycles. The summed E-state index contributed by atoms with van der Waals surface area (Å²) in [6.07, 6.45) is 0. The van der Waals surface area contributed by atoms with Gasteiger partial charge in [0.2, 0.25) is 11.8 Å². The number of aryl methyl sites for hydroxylation is 1. The van der Waals surface area contributed by atoms with E-state index in [1.807, 2.05) is 30.3 Å². The molecule has 0 fully saturated rings. The standard InChI is InChI=1S/C22H28N2O3S/c1-16-7-5-9-19(11-16)14-28-15-21(25)24(17(2)22(26)23-3)13-18-8-6-10-20(12-18)27-4/h5-12,17H,13-15H2,1-4H3,(H,23,26)/t17-/m0/s1. The summed E-state index contributed by atoms with van der Waals surface area (Å²) in [5.41, 5.74) is 3.32. The number of carbonyl (C=O) groups is 2. The number of amides is 2. The molecule has 0 aromatic heterocycles. The first-order chi connectivity index (χ1) is 13.4. The predicted octanol–water partition coefficient (Wildman–Crippen LogP) is 3.40. The number of rotatable bonds is 9. The molecule has 2 rings (SSSR count). The van der Waals surface area contributed by atoms with Crippen LogP contribution in [0.1, 0.15) is 23.6 Å². The zero-order valence-electron chi connectivity index (χ0n) is 16.9. The molecule has 0 aliphatic rings. The van der Waals surface area contributed by atoms with E-state index in [9.17, 15) is 9.59 Å². The smallest absolute Gasteiger partial charge is 0.242 e. The molecule has 0 bridgehead atoms. The Balaban J connectivity index is 2.06. The number of ether oxygens (including phenoxy) is 1. The van der Waals surface area contributed by atoms with Crippen LogP contribution in [0.25, 0.3) is 0 Å². The van der Waals surface area contributed by atoms with Gasteiger partial charge >= 0.3 is 0 Å². The molecule has 5 nitrogen and oxygen atoms in total. The van der Waals surface area contributed by atoms with Gasteiger partial charge in [0.15, 0.2) is 0 Å². The third kappa shape index (κ3) is 6.30. The van der Waals surface area contributed by atoms with Crippen LogP contribution in [0.2, 0.25) is 0 Å². The summed E-state index contributed by atoms with van der Waals surface area (Å²) in [5, 5.41) is 2.63. The Bertz CT molecular complexity index is 810. The van der Waals surface area contributed by atoms with Gasteiger partial charge in [-0.3, -0.25) is 9.59 Å². The number of carbonyl (C=O) groups excluding carboxylic acids is 2. The van der Waals surface area contributed by atoms with Crippen molar-refractivity contribution in [2.75, 3.05) is 19.9 Å². The van der Waals surface area contributed by atoms with Gasteiger partial charge in [-0.05, 0) is 37.1 Å². The number of nitrogens with one attached hydrogen (secondary N) is 1. The van der Waals surface area contributed by atoms with Crippen LogP contribution < -0.4 is 10.1 Å². The third-order valence-electron chi connectivity index (χ3n) is 4.48. The van der Waals surface area contributed by atoms with E-state index in [0.29, 0.717) is 12.3 Å². The van der Waals surface area contributed by atoms with Crippen LogP contribution in [0, 0.1) is 6.92 Å². The first-order valence-corrected chi connectivity index (χ1v) is 10.4. The van der Waals surface area contributed by atoms with Gasteiger partial charge < -0.3 is 15.0 Å². The fourth-order valence-corrected chi connectivity index (χ4v) is 3.76. The second kappa shape index (κ2) is 10.8. The molecule has 2 aromatic rings. The van der Waals surface area contributed by atoms with Crippen LogP contribution in [0.4, 0.5) is 0 Å². The molecule has 0 radical (unpaired) electrons. The molecule has 0 unspecified atom stereocenters. The van der Waals surface area contributed by atoms with Crippen molar-refractivity contribution in [2.45, 2.75) is 32.2 Å². The van der Waals surface area contributed by atoms with Crippen LogP contribution in [-0.4, -0.2) is 42.7 Å². The van der Waals surface area contributed by atoms with Gasteiger partial charge in [-0.1, -0.05) is 42.0 Å². The maximum absolute atomic E-state index is 12.9. The van der Waals surface area contributed by atoms with E-state index in [-0.39, 0.29) is 11.8 Å². The molecule has 1 atom stereocenters. The fourth-order valence-electron chi connectivity index (χ4n) is 2.90. The third-order valence-corrected chi connectivity index (χ3v) is 5.47. The number of hydrogen-bond donors (Lipinski definition) is 1. The average molecular weight is 401 g/mol. The maximum atomic E-state index is 12.9. The predicted molar refractivity (Wildman–Crippen MR) is 114 cm³/mol. The summed E-state index contributed by atoms with van der Waals surface area (Å²) >= 11 is 1.56. The molecule has 0 saturated carbocycles. The lowest BCUT2D eigenvalue weighted by molar-refractivity contribution is -0.138. The highest BCUT2D eigenvalue weighted by Crippen LogP contribution is 2.19. The minimum atomic E-state index is -0.553. The monoisotopic (exact) mass is 400 g/mol. The van der Waals surface area contributed by atoms with E-state index in [2.05, 4.69) is 30.4 Å². The van der Waals surface area contributed by atoms with E-state index in [0.717, 1.165) is 17.1 Å². The molecule has 0 aliphatic carbocycles. The Hall–Kier alpha value is -2.47. The van der Waals surface area contributed by atoms with Gasteiger partial charge in [-0.25, -0.2) is 0 Å². The maximum Gasteiger partial charge on any atom is 0.242 e. The summed E-state index contributed by atoms with van der Waals surface area (Å²) in [6, 6.07) is 15.3. The number of hydrogen-bond acceptors (Lipinski definition) is 4. The molecular weight excluding hydrogens is 372 g/mol. The Labute approximate surface area is 171 Å². The van der Waals surface area contributed by atoms with E-state index in [4.69, 9.17) is 4.74 Å². The van der Waals surface area contributed by atoms with Gasteiger partial charge in [0, 0.05) is 19.3 Å². The Kier molecular flexibility index (Phi) is 8.39. The van der Waals surface area contributed by atoms with Crippen LogP contribution in [0.3, 0.4) is 0 Å². The lowest BCUT2D eigenvalue weighted by Crippen LogP contribution is -2.47.